The summed E-state index contributed by atoms with van der Waals surface area (Å²) in [6, 6.07) is 12.2. The number of esters is 1. The fraction of sp³-hybridized carbons (Fsp3) is 0.258. The van der Waals surface area contributed by atoms with Crippen LogP contribution in [0.4, 0.5) is 5.69 Å². The van der Waals surface area contributed by atoms with Crippen molar-refractivity contribution in [1.29, 1.82) is 0 Å². The number of halogens is 1. The molecule has 0 spiro atoms. The van der Waals surface area contributed by atoms with Crippen molar-refractivity contribution in [2.45, 2.75) is 32.7 Å². The Hall–Kier alpha value is -4.49. The molecule has 228 valence electrons. The van der Waals surface area contributed by atoms with Crippen LogP contribution >= 0.6 is 27.3 Å². The summed E-state index contributed by atoms with van der Waals surface area (Å²) in [5.41, 5.74) is 1.48. The lowest BCUT2D eigenvalue weighted by Gasteiger charge is -2.27. The van der Waals surface area contributed by atoms with Crippen LogP contribution in [0.1, 0.15) is 44.1 Å². The number of hydrogen-bond donors (Lipinski definition) is 0. The Balaban J connectivity index is 1.68. The third-order valence-corrected chi connectivity index (χ3v) is 8.42. The number of nitro benzene ring substituents is 1. The molecule has 1 atom stereocenters. The maximum atomic E-state index is 14.1. The van der Waals surface area contributed by atoms with Gasteiger partial charge in [-0.15, -0.1) is 0 Å². The summed E-state index contributed by atoms with van der Waals surface area (Å²) in [5, 5.41) is 11.2. The van der Waals surface area contributed by atoms with Gasteiger partial charge >= 0.3 is 5.97 Å². The van der Waals surface area contributed by atoms with E-state index in [2.05, 4.69) is 15.9 Å². The molecule has 0 aliphatic carbocycles. The second-order valence-electron chi connectivity index (χ2n) is 9.64. The summed E-state index contributed by atoms with van der Waals surface area (Å²) < 4.78 is 25.1. The van der Waals surface area contributed by atoms with Crippen LogP contribution in [-0.2, 0) is 9.53 Å². The minimum absolute atomic E-state index is 0.111. The van der Waals surface area contributed by atoms with E-state index in [0.29, 0.717) is 49.8 Å². The zero-order chi connectivity index (χ0) is 31.5. The number of hydrogen-bond acceptors (Lipinski definition) is 10. The van der Waals surface area contributed by atoms with Gasteiger partial charge in [0.15, 0.2) is 4.80 Å². The van der Waals surface area contributed by atoms with E-state index < -0.39 is 16.9 Å². The molecule has 13 heteroatoms. The van der Waals surface area contributed by atoms with E-state index in [1.807, 2.05) is 19.1 Å². The molecule has 0 amide bonds. The van der Waals surface area contributed by atoms with Crippen LogP contribution < -0.4 is 24.4 Å². The Bertz CT molecular complexity index is 1970. The number of allylic oxidation sites excluding steroid dienone is 1. The van der Waals surface area contributed by atoms with Crippen molar-refractivity contribution >= 4 is 45.0 Å². The summed E-state index contributed by atoms with van der Waals surface area (Å²) in [5.74, 6) is 1.01. The van der Waals surface area contributed by atoms with Crippen LogP contribution in [0.3, 0.4) is 0 Å². The zero-order valence-electron chi connectivity index (χ0n) is 24.3. The fourth-order valence-corrected chi connectivity index (χ4v) is 6.41. The molecule has 0 saturated heterocycles. The van der Waals surface area contributed by atoms with E-state index in [1.165, 1.54) is 42.3 Å². The van der Waals surface area contributed by atoms with Crippen LogP contribution in [0.15, 0.2) is 78.5 Å². The highest BCUT2D eigenvalue weighted by Crippen LogP contribution is 2.38. The molecule has 44 heavy (non-hydrogen) atoms. The summed E-state index contributed by atoms with van der Waals surface area (Å²) in [6.45, 7) is 3.88. The molecule has 5 rings (SSSR count). The summed E-state index contributed by atoms with van der Waals surface area (Å²) in [4.78, 5) is 43.4. The Labute approximate surface area is 264 Å². The molecule has 0 bridgehead atoms. The zero-order valence-corrected chi connectivity index (χ0v) is 26.7. The monoisotopic (exact) mass is 681 g/mol. The Morgan fingerprint density at radius 1 is 1.14 bits per heavy atom. The molecule has 0 fully saturated rings. The number of benzene rings is 2. The van der Waals surface area contributed by atoms with Gasteiger partial charge in [0.1, 0.15) is 29.1 Å². The van der Waals surface area contributed by atoms with E-state index in [4.69, 9.17) is 23.6 Å². The van der Waals surface area contributed by atoms with Crippen molar-refractivity contribution < 1.29 is 28.3 Å². The maximum absolute atomic E-state index is 14.1. The molecule has 2 aromatic heterocycles. The molecule has 0 saturated carbocycles. The molecular formula is C31H28BrN3O8S. The smallest absolute Gasteiger partial charge is 0.338 e. The number of non-ortho nitro benzene ring substituents is 1. The lowest BCUT2D eigenvalue weighted by Crippen LogP contribution is -2.40. The number of thiazole rings is 1. The van der Waals surface area contributed by atoms with Crippen LogP contribution in [0.25, 0.3) is 17.4 Å². The number of ether oxygens (including phenoxy) is 3. The van der Waals surface area contributed by atoms with Gasteiger partial charge in [-0.25, -0.2) is 9.79 Å². The number of nitrogens with zero attached hydrogens (tertiary/aromatic N) is 3. The highest BCUT2D eigenvalue weighted by molar-refractivity contribution is 9.10. The molecule has 3 heterocycles. The van der Waals surface area contributed by atoms with Crippen molar-refractivity contribution in [1.82, 2.24) is 4.57 Å². The van der Waals surface area contributed by atoms with Gasteiger partial charge in [0, 0.05) is 22.2 Å². The first-order valence-corrected chi connectivity index (χ1v) is 15.3. The van der Waals surface area contributed by atoms with Gasteiger partial charge in [-0.1, -0.05) is 40.6 Å². The lowest BCUT2D eigenvalue weighted by atomic mass is 9.93. The number of carbonyl (C=O) groups excluding carboxylic acids is 1. The van der Waals surface area contributed by atoms with Gasteiger partial charge in [0.05, 0.1) is 53.2 Å². The summed E-state index contributed by atoms with van der Waals surface area (Å²) >= 11 is 4.70. The van der Waals surface area contributed by atoms with Crippen molar-refractivity contribution in [3.05, 3.63) is 105 Å². The third-order valence-electron chi connectivity index (χ3n) is 6.94. The first-order valence-electron chi connectivity index (χ1n) is 13.7. The molecule has 0 radical (unpaired) electrons. The fourth-order valence-electron chi connectivity index (χ4n) is 5.04. The topological polar surface area (TPSA) is 135 Å². The SMILES string of the molecule is CCCC1=C(C(=O)OCC)[C@H](c2cc(Br)ccc2OC)n2c(s/c(=C/c3ccc(-c4ccc([N+](=O)[O-])cc4OC)o3)c2=O)=N1. The molecule has 0 N–H and O–H groups in total. The number of nitro groups is 1. The van der Waals surface area contributed by atoms with E-state index in [-0.39, 0.29) is 29.2 Å². The second kappa shape index (κ2) is 13.0. The van der Waals surface area contributed by atoms with Gasteiger partial charge in [-0.05, 0) is 49.7 Å². The van der Waals surface area contributed by atoms with Crippen LogP contribution in [0.2, 0.25) is 0 Å². The molecular weight excluding hydrogens is 654 g/mol. The lowest BCUT2D eigenvalue weighted by molar-refractivity contribution is -0.384. The van der Waals surface area contributed by atoms with Crippen LogP contribution in [0.5, 0.6) is 11.5 Å². The first-order chi connectivity index (χ1) is 21.2. The highest BCUT2D eigenvalue weighted by Gasteiger charge is 2.36. The summed E-state index contributed by atoms with van der Waals surface area (Å²) in [7, 11) is 2.95. The predicted octanol–water partition coefficient (Wildman–Crippen LogP) is 5.53. The standard InChI is InChI=1S/C31H28BrN3O8S/c1-5-7-22-27(30(37)42-6-2)28(21-14-17(32)8-12-23(21)40-3)34-29(36)26(44-31(34)33-22)16-19-10-13-24(43-19)20-11-9-18(35(38)39)15-25(20)41-4/h8-16,28H,5-7H2,1-4H3/b26-16+/t28-/m0/s1. The normalized spacial score (nSPS) is 14.7. The van der Waals surface area contributed by atoms with E-state index in [1.54, 1.807) is 37.3 Å². The predicted molar refractivity (Wildman–Crippen MR) is 168 cm³/mol. The average molecular weight is 683 g/mol. The molecule has 0 unspecified atom stereocenters. The summed E-state index contributed by atoms with van der Waals surface area (Å²) in [6.07, 6.45) is 2.83. The molecule has 2 aromatic carbocycles. The van der Waals surface area contributed by atoms with E-state index in [0.717, 1.165) is 10.9 Å². The Morgan fingerprint density at radius 3 is 2.59 bits per heavy atom. The van der Waals surface area contributed by atoms with E-state index >= 15 is 0 Å². The van der Waals surface area contributed by atoms with Gasteiger partial charge in [-0.2, -0.15) is 0 Å². The van der Waals surface area contributed by atoms with E-state index in [9.17, 15) is 19.7 Å². The minimum atomic E-state index is -0.849. The van der Waals surface area contributed by atoms with Crippen LogP contribution in [0, 0.1) is 10.1 Å². The van der Waals surface area contributed by atoms with Crippen molar-refractivity contribution in [2.24, 2.45) is 4.99 Å². The first kappa shape index (κ1) is 31.0. The average Bonchev–Trinajstić information content (AvgIpc) is 3.60. The van der Waals surface area contributed by atoms with Gasteiger partial charge < -0.3 is 18.6 Å². The van der Waals surface area contributed by atoms with Crippen molar-refractivity contribution in [2.75, 3.05) is 20.8 Å². The maximum Gasteiger partial charge on any atom is 0.338 e. The second-order valence-corrected chi connectivity index (χ2v) is 11.6. The van der Waals surface area contributed by atoms with Gasteiger partial charge in [0.25, 0.3) is 11.2 Å². The minimum Gasteiger partial charge on any atom is -0.496 e. The number of furan rings is 1. The number of methoxy groups -OCH3 is 2. The molecule has 11 nitrogen and oxygen atoms in total. The van der Waals surface area contributed by atoms with Crippen LogP contribution in [-0.4, -0.2) is 36.3 Å². The Kier molecular flexibility index (Phi) is 9.16. The number of carbonyl (C=O) groups is 1. The van der Waals surface area contributed by atoms with Gasteiger partial charge in [-0.3, -0.25) is 19.5 Å². The van der Waals surface area contributed by atoms with Crippen molar-refractivity contribution in [3.63, 3.8) is 0 Å². The number of aromatic nitrogens is 1. The van der Waals surface area contributed by atoms with Gasteiger partial charge in [0.2, 0.25) is 0 Å². The Morgan fingerprint density at radius 2 is 1.91 bits per heavy atom. The molecule has 4 aromatic rings. The highest BCUT2D eigenvalue weighted by atomic mass is 79.9. The van der Waals surface area contributed by atoms with Crippen molar-refractivity contribution in [3.8, 4) is 22.8 Å². The number of fused-ring (bicyclic) bond motifs is 1. The third kappa shape index (κ3) is 5.84. The largest absolute Gasteiger partial charge is 0.496 e. The molecule has 1 aliphatic heterocycles. The molecule has 1 aliphatic rings. The number of rotatable bonds is 10. The quantitative estimate of drug-likeness (QED) is 0.121.